The summed E-state index contributed by atoms with van der Waals surface area (Å²) in [5.74, 6) is 0.741. The molecule has 1 aliphatic carbocycles. The van der Waals surface area contributed by atoms with Gasteiger partial charge in [-0.2, -0.15) is 5.10 Å². The number of aliphatic imine (C=N–C) groups is 1. The lowest BCUT2D eigenvalue weighted by Gasteiger charge is -2.22. The van der Waals surface area contributed by atoms with E-state index < -0.39 is 5.60 Å². The normalized spacial score (nSPS) is 17.9. The number of rotatable bonds is 6. The van der Waals surface area contributed by atoms with Gasteiger partial charge in [0.05, 0.1) is 23.9 Å². The van der Waals surface area contributed by atoms with E-state index in [1.54, 1.807) is 6.20 Å². The van der Waals surface area contributed by atoms with Crippen LogP contribution in [0.1, 0.15) is 51.1 Å². The van der Waals surface area contributed by atoms with Crippen LogP contribution in [-0.4, -0.2) is 39.5 Å². The molecule has 0 saturated heterocycles. The first-order chi connectivity index (χ1) is 12.6. The molecule has 26 heavy (non-hydrogen) atoms. The maximum Gasteiger partial charge on any atom is 0.191 e. The molecule has 1 aliphatic rings. The van der Waals surface area contributed by atoms with Gasteiger partial charge in [-0.05, 0) is 50.5 Å². The van der Waals surface area contributed by atoms with Crippen molar-refractivity contribution in [3.63, 3.8) is 0 Å². The third-order valence-electron chi connectivity index (χ3n) is 4.90. The van der Waals surface area contributed by atoms with Gasteiger partial charge in [-0.15, -0.1) is 0 Å². The first kappa shape index (κ1) is 18.5. The van der Waals surface area contributed by atoms with E-state index in [1.807, 2.05) is 36.0 Å². The van der Waals surface area contributed by atoms with Crippen molar-refractivity contribution in [3.8, 4) is 5.69 Å². The van der Waals surface area contributed by atoms with Gasteiger partial charge in [-0.3, -0.25) is 4.99 Å². The minimum atomic E-state index is -0.633. The average molecular weight is 355 g/mol. The molecule has 0 radical (unpaired) electrons. The number of aromatic nitrogens is 2. The Morgan fingerprint density at radius 3 is 2.85 bits per heavy atom. The largest absolute Gasteiger partial charge is 0.388 e. The lowest BCUT2D eigenvalue weighted by Crippen LogP contribution is -2.40. The van der Waals surface area contributed by atoms with Gasteiger partial charge in [0.1, 0.15) is 0 Å². The van der Waals surface area contributed by atoms with E-state index in [0.29, 0.717) is 6.54 Å². The summed E-state index contributed by atoms with van der Waals surface area (Å²) in [6.45, 7) is 5.39. The summed E-state index contributed by atoms with van der Waals surface area (Å²) in [6, 6.07) is 10.3. The van der Waals surface area contributed by atoms with Gasteiger partial charge in [-0.25, -0.2) is 4.68 Å². The summed E-state index contributed by atoms with van der Waals surface area (Å²) in [7, 11) is 0. The molecule has 0 spiro atoms. The molecule has 1 atom stereocenters. The van der Waals surface area contributed by atoms with Crippen molar-refractivity contribution >= 4 is 5.96 Å². The van der Waals surface area contributed by atoms with Gasteiger partial charge < -0.3 is 15.7 Å². The van der Waals surface area contributed by atoms with Crippen molar-refractivity contribution in [1.29, 1.82) is 0 Å². The van der Waals surface area contributed by atoms with Crippen LogP contribution in [0.5, 0.6) is 0 Å². The van der Waals surface area contributed by atoms with E-state index in [2.05, 4.69) is 39.8 Å². The third kappa shape index (κ3) is 4.64. The maximum absolute atomic E-state index is 10.5. The van der Waals surface area contributed by atoms with Gasteiger partial charge in [-0.1, -0.05) is 25.0 Å². The highest BCUT2D eigenvalue weighted by molar-refractivity contribution is 5.80. The molecule has 2 aromatic rings. The van der Waals surface area contributed by atoms with E-state index in [1.165, 1.54) is 0 Å². The summed E-state index contributed by atoms with van der Waals surface area (Å²) in [5.41, 5.74) is 1.55. The summed E-state index contributed by atoms with van der Waals surface area (Å²) in [5, 5.41) is 21.5. The van der Waals surface area contributed by atoms with Gasteiger partial charge >= 0.3 is 0 Å². The van der Waals surface area contributed by atoms with Crippen molar-refractivity contribution in [3.05, 3.63) is 48.3 Å². The van der Waals surface area contributed by atoms with Crippen molar-refractivity contribution < 1.29 is 5.11 Å². The van der Waals surface area contributed by atoms with Crippen LogP contribution in [0.15, 0.2) is 47.7 Å². The average Bonchev–Trinajstić information content (AvgIpc) is 3.32. The first-order valence-corrected chi connectivity index (χ1v) is 9.47. The lowest BCUT2D eigenvalue weighted by atomic mass is 10.0. The van der Waals surface area contributed by atoms with E-state index in [-0.39, 0.29) is 6.04 Å². The molecule has 1 aromatic heterocycles. The number of nitrogens with zero attached hydrogens (tertiary/aromatic N) is 3. The fourth-order valence-electron chi connectivity index (χ4n) is 3.38. The molecule has 0 amide bonds. The molecule has 6 heteroatoms. The van der Waals surface area contributed by atoms with Crippen molar-refractivity contribution in [1.82, 2.24) is 20.4 Å². The van der Waals surface area contributed by atoms with Crippen molar-refractivity contribution in [2.24, 2.45) is 4.99 Å². The molecule has 0 bridgehead atoms. The molecule has 1 saturated carbocycles. The van der Waals surface area contributed by atoms with Crippen LogP contribution in [0.4, 0.5) is 0 Å². The van der Waals surface area contributed by atoms with Crippen LogP contribution in [0.3, 0.4) is 0 Å². The number of aliphatic hydroxyl groups is 1. The van der Waals surface area contributed by atoms with Crippen LogP contribution in [-0.2, 0) is 0 Å². The molecule has 1 aromatic carbocycles. The SMILES string of the molecule is CCNC(=NCC1(O)CCCC1)NC(C)c1cccc(-n2cccn2)c1. The summed E-state index contributed by atoms with van der Waals surface area (Å²) in [4.78, 5) is 4.63. The Morgan fingerprint density at radius 1 is 1.35 bits per heavy atom. The summed E-state index contributed by atoms with van der Waals surface area (Å²) in [6.07, 6.45) is 7.58. The molecule has 0 aliphatic heterocycles. The Kier molecular flexibility index (Phi) is 5.93. The van der Waals surface area contributed by atoms with E-state index in [9.17, 15) is 5.11 Å². The van der Waals surface area contributed by atoms with Crippen LogP contribution in [0, 0.1) is 0 Å². The highest BCUT2D eigenvalue weighted by atomic mass is 16.3. The summed E-state index contributed by atoms with van der Waals surface area (Å²) >= 11 is 0. The van der Waals surface area contributed by atoms with Gasteiger partial charge in [0.2, 0.25) is 0 Å². The zero-order chi connectivity index (χ0) is 18.4. The molecule has 3 rings (SSSR count). The highest BCUT2D eigenvalue weighted by Crippen LogP contribution is 2.29. The third-order valence-corrected chi connectivity index (χ3v) is 4.90. The number of guanidine groups is 1. The molecule has 1 unspecified atom stereocenters. The minimum absolute atomic E-state index is 0.0848. The Bertz CT molecular complexity index is 720. The van der Waals surface area contributed by atoms with Gasteiger partial charge in [0.15, 0.2) is 5.96 Å². The van der Waals surface area contributed by atoms with Crippen LogP contribution >= 0.6 is 0 Å². The molecule has 3 N–H and O–H groups in total. The van der Waals surface area contributed by atoms with E-state index in [0.717, 1.165) is 49.4 Å². The lowest BCUT2D eigenvalue weighted by molar-refractivity contribution is 0.0574. The fraction of sp³-hybridized carbons (Fsp3) is 0.500. The topological polar surface area (TPSA) is 74.5 Å². The summed E-state index contributed by atoms with van der Waals surface area (Å²) < 4.78 is 1.85. The monoisotopic (exact) mass is 355 g/mol. The fourth-order valence-corrected chi connectivity index (χ4v) is 3.38. The van der Waals surface area contributed by atoms with Gasteiger partial charge in [0.25, 0.3) is 0 Å². The van der Waals surface area contributed by atoms with Crippen LogP contribution in [0.25, 0.3) is 5.69 Å². The minimum Gasteiger partial charge on any atom is -0.388 e. The molecule has 6 nitrogen and oxygen atoms in total. The van der Waals surface area contributed by atoms with Crippen molar-refractivity contribution in [2.45, 2.75) is 51.2 Å². The Morgan fingerprint density at radius 2 is 2.15 bits per heavy atom. The van der Waals surface area contributed by atoms with E-state index in [4.69, 9.17) is 0 Å². The number of benzene rings is 1. The van der Waals surface area contributed by atoms with E-state index >= 15 is 0 Å². The molecular weight excluding hydrogens is 326 g/mol. The Labute approximate surface area is 155 Å². The van der Waals surface area contributed by atoms with Crippen LogP contribution in [0.2, 0.25) is 0 Å². The van der Waals surface area contributed by atoms with Crippen molar-refractivity contribution in [2.75, 3.05) is 13.1 Å². The first-order valence-electron chi connectivity index (χ1n) is 9.47. The molecule has 140 valence electrons. The Hall–Kier alpha value is -2.34. The quantitative estimate of drug-likeness (QED) is 0.550. The predicted octanol–water partition coefficient (Wildman–Crippen LogP) is 2.79. The zero-order valence-corrected chi connectivity index (χ0v) is 15.7. The second kappa shape index (κ2) is 8.36. The predicted molar refractivity (Wildman–Crippen MR) is 105 cm³/mol. The number of hydrogen-bond acceptors (Lipinski definition) is 3. The maximum atomic E-state index is 10.5. The number of nitrogens with one attached hydrogen (secondary N) is 2. The highest BCUT2D eigenvalue weighted by Gasteiger charge is 2.30. The van der Waals surface area contributed by atoms with Gasteiger partial charge in [0, 0.05) is 18.9 Å². The number of hydrogen-bond donors (Lipinski definition) is 3. The Balaban J connectivity index is 1.69. The smallest absolute Gasteiger partial charge is 0.191 e. The van der Waals surface area contributed by atoms with Crippen LogP contribution < -0.4 is 10.6 Å². The second-order valence-electron chi connectivity index (χ2n) is 7.04. The molecular formula is C20H29N5O. The standard InChI is InChI=1S/C20H29N5O/c1-3-21-19(22-15-20(26)10-4-5-11-20)24-16(2)17-8-6-9-18(14-17)25-13-7-12-23-25/h6-9,12-14,16,26H,3-5,10-11,15H2,1-2H3,(H2,21,22,24). The second-order valence-corrected chi connectivity index (χ2v) is 7.04. The molecule has 1 heterocycles. The zero-order valence-electron chi connectivity index (χ0n) is 15.7. The molecule has 1 fully saturated rings.